The van der Waals surface area contributed by atoms with Crippen molar-refractivity contribution in [2.75, 3.05) is 5.32 Å². The van der Waals surface area contributed by atoms with E-state index < -0.39 is 0 Å². The maximum atomic E-state index is 5.68. The van der Waals surface area contributed by atoms with Crippen LogP contribution in [0.4, 0.5) is 5.69 Å². The van der Waals surface area contributed by atoms with Crippen molar-refractivity contribution in [1.29, 1.82) is 0 Å². The summed E-state index contributed by atoms with van der Waals surface area (Å²) in [6.07, 6.45) is 1.30. The first-order chi connectivity index (χ1) is 5.72. The van der Waals surface area contributed by atoms with Gasteiger partial charge in [-0.1, -0.05) is 11.6 Å². The summed E-state index contributed by atoms with van der Waals surface area (Å²) in [4.78, 5) is 0. The molecule has 1 aromatic carbocycles. The Bertz CT molecular complexity index is 279. The summed E-state index contributed by atoms with van der Waals surface area (Å²) in [7, 11) is 0. The van der Waals surface area contributed by atoms with Crippen LogP contribution in [0.5, 0.6) is 0 Å². The highest BCUT2D eigenvalue weighted by Gasteiger charge is 1.91. The molecule has 0 aromatic heterocycles. The van der Waals surface area contributed by atoms with Crippen LogP contribution >= 0.6 is 11.6 Å². The van der Waals surface area contributed by atoms with E-state index in [1.165, 1.54) is 6.20 Å². The second kappa shape index (κ2) is 3.88. The van der Waals surface area contributed by atoms with Gasteiger partial charge in [0.2, 0.25) is 0 Å². The predicted octanol–water partition coefficient (Wildman–Crippen LogP) is 1.47. The fourth-order valence-corrected chi connectivity index (χ4v) is 0.868. The first-order valence-corrected chi connectivity index (χ1v) is 3.80. The van der Waals surface area contributed by atoms with E-state index in [4.69, 9.17) is 23.1 Å². The number of halogens is 1. The van der Waals surface area contributed by atoms with Gasteiger partial charge in [0.1, 0.15) is 5.82 Å². The lowest BCUT2D eigenvalue weighted by Crippen LogP contribution is -2.10. The highest BCUT2D eigenvalue weighted by molar-refractivity contribution is 6.30. The maximum absolute atomic E-state index is 5.68. The van der Waals surface area contributed by atoms with Gasteiger partial charge in [-0.25, -0.2) is 0 Å². The van der Waals surface area contributed by atoms with Crippen molar-refractivity contribution in [3.63, 3.8) is 0 Å². The van der Waals surface area contributed by atoms with Gasteiger partial charge in [0.15, 0.2) is 0 Å². The van der Waals surface area contributed by atoms with E-state index in [-0.39, 0.29) is 0 Å². The van der Waals surface area contributed by atoms with Gasteiger partial charge in [-0.2, -0.15) is 0 Å². The zero-order chi connectivity index (χ0) is 8.97. The van der Waals surface area contributed by atoms with E-state index in [0.29, 0.717) is 10.8 Å². The molecule has 64 valence electrons. The van der Waals surface area contributed by atoms with Crippen LogP contribution < -0.4 is 16.8 Å². The zero-order valence-electron chi connectivity index (χ0n) is 6.42. The SMILES string of the molecule is N/C=C(\N)Nc1ccc(Cl)cc1. The largest absolute Gasteiger partial charge is 0.402 e. The molecule has 12 heavy (non-hydrogen) atoms. The van der Waals surface area contributed by atoms with Gasteiger partial charge in [-0.05, 0) is 24.3 Å². The van der Waals surface area contributed by atoms with Crippen LogP contribution in [0.2, 0.25) is 5.02 Å². The van der Waals surface area contributed by atoms with Crippen molar-refractivity contribution in [3.8, 4) is 0 Å². The lowest BCUT2D eigenvalue weighted by molar-refractivity contribution is 1.27. The average molecular weight is 184 g/mol. The van der Waals surface area contributed by atoms with Crippen molar-refractivity contribution in [2.45, 2.75) is 0 Å². The second-order valence-corrected chi connectivity index (χ2v) is 2.69. The van der Waals surface area contributed by atoms with Gasteiger partial charge in [0, 0.05) is 16.9 Å². The molecule has 1 aromatic rings. The van der Waals surface area contributed by atoms with Gasteiger partial charge in [-0.3, -0.25) is 0 Å². The Morgan fingerprint density at radius 3 is 2.42 bits per heavy atom. The summed E-state index contributed by atoms with van der Waals surface area (Å²) in [6, 6.07) is 7.18. The lowest BCUT2D eigenvalue weighted by atomic mass is 10.3. The monoisotopic (exact) mass is 183 g/mol. The molecule has 1 rings (SSSR count). The summed E-state index contributed by atoms with van der Waals surface area (Å²) >= 11 is 5.68. The molecule has 3 nitrogen and oxygen atoms in total. The molecule has 0 fully saturated rings. The van der Waals surface area contributed by atoms with E-state index in [1.807, 2.05) is 12.1 Å². The van der Waals surface area contributed by atoms with Crippen molar-refractivity contribution < 1.29 is 0 Å². The summed E-state index contributed by atoms with van der Waals surface area (Å²) in [5.41, 5.74) is 11.5. The number of rotatable bonds is 2. The molecule has 0 aliphatic carbocycles. The van der Waals surface area contributed by atoms with Crippen LogP contribution in [0.25, 0.3) is 0 Å². The fourth-order valence-electron chi connectivity index (χ4n) is 0.742. The lowest BCUT2D eigenvalue weighted by Gasteiger charge is -2.04. The molecule has 0 bridgehead atoms. The number of benzene rings is 1. The Hall–Kier alpha value is -1.35. The van der Waals surface area contributed by atoms with Crippen molar-refractivity contribution >= 4 is 17.3 Å². The molecule has 0 atom stereocenters. The number of hydrogen-bond acceptors (Lipinski definition) is 3. The number of nitrogens with one attached hydrogen (secondary N) is 1. The number of nitrogens with two attached hydrogens (primary N) is 2. The normalized spacial score (nSPS) is 11.2. The van der Waals surface area contributed by atoms with E-state index in [1.54, 1.807) is 12.1 Å². The third kappa shape index (κ3) is 2.36. The minimum atomic E-state index is 0.414. The van der Waals surface area contributed by atoms with E-state index in [0.717, 1.165) is 5.69 Å². The van der Waals surface area contributed by atoms with Gasteiger partial charge in [0.05, 0.1) is 0 Å². The van der Waals surface area contributed by atoms with Crippen molar-refractivity contribution in [1.82, 2.24) is 0 Å². The van der Waals surface area contributed by atoms with E-state index >= 15 is 0 Å². The molecule has 5 N–H and O–H groups in total. The van der Waals surface area contributed by atoms with Gasteiger partial charge in [-0.15, -0.1) is 0 Å². The van der Waals surface area contributed by atoms with E-state index in [9.17, 15) is 0 Å². The molecule has 0 aliphatic rings. The van der Waals surface area contributed by atoms with Crippen molar-refractivity contribution in [3.05, 3.63) is 41.3 Å². The number of hydrogen-bond donors (Lipinski definition) is 3. The Balaban J connectivity index is 2.71. The highest BCUT2D eigenvalue weighted by atomic mass is 35.5. The van der Waals surface area contributed by atoms with Gasteiger partial charge in [0.25, 0.3) is 0 Å². The first-order valence-electron chi connectivity index (χ1n) is 3.42. The minimum absolute atomic E-state index is 0.414. The topological polar surface area (TPSA) is 64.1 Å². The maximum Gasteiger partial charge on any atom is 0.116 e. The van der Waals surface area contributed by atoms with Crippen LogP contribution in [0.3, 0.4) is 0 Å². The Morgan fingerprint density at radius 1 is 1.33 bits per heavy atom. The summed E-state index contributed by atoms with van der Waals surface area (Å²) < 4.78 is 0. The highest BCUT2D eigenvalue weighted by Crippen LogP contribution is 2.13. The predicted molar refractivity (Wildman–Crippen MR) is 51.5 cm³/mol. The second-order valence-electron chi connectivity index (χ2n) is 2.25. The summed E-state index contributed by atoms with van der Waals surface area (Å²) in [5.74, 6) is 0.414. The molecule has 0 radical (unpaired) electrons. The Labute approximate surface area is 76.0 Å². The van der Waals surface area contributed by atoms with Crippen LogP contribution in [0.15, 0.2) is 36.3 Å². The molecule has 0 amide bonds. The van der Waals surface area contributed by atoms with Gasteiger partial charge >= 0.3 is 0 Å². The molecular formula is C8H10ClN3. The third-order valence-electron chi connectivity index (χ3n) is 1.31. The number of anilines is 1. The molecule has 0 spiro atoms. The molecule has 0 heterocycles. The van der Waals surface area contributed by atoms with E-state index in [2.05, 4.69) is 5.32 Å². The van der Waals surface area contributed by atoms with Crippen LogP contribution in [0, 0.1) is 0 Å². The molecule has 0 aliphatic heterocycles. The molecular weight excluding hydrogens is 174 g/mol. The Morgan fingerprint density at radius 2 is 1.92 bits per heavy atom. The van der Waals surface area contributed by atoms with Gasteiger partial charge < -0.3 is 16.8 Å². The average Bonchev–Trinajstić information content (AvgIpc) is 2.09. The summed E-state index contributed by atoms with van der Waals surface area (Å²) in [5, 5.41) is 3.56. The Kier molecular flexibility index (Phi) is 2.82. The van der Waals surface area contributed by atoms with Crippen LogP contribution in [-0.4, -0.2) is 0 Å². The van der Waals surface area contributed by atoms with Crippen LogP contribution in [0.1, 0.15) is 0 Å². The molecule has 0 unspecified atom stereocenters. The first kappa shape index (κ1) is 8.74. The van der Waals surface area contributed by atoms with Crippen molar-refractivity contribution in [2.24, 2.45) is 11.5 Å². The quantitative estimate of drug-likeness (QED) is 0.651. The standard InChI is InChI=1S/C8H10ClN3/c9-6-1-3-7(4-2-6)12-8(11)5-10/h1-5,12H,10-11H2/b8-5+. The molecule has 4 heteroatoms. The molecule has 0 saturated heterocycles. The fraction of sp³-hybridized carbons (Fsp3) is 0. The smallest absolute Gasteiger partial charge is 0.116 e. The third-order valence-corrected chi connectivity index (χ3v) is 1.56. The summed E-state index contributed by atoms with van der Waals surface area (Å²) in [6.45, 7) is 0. The molecule has 0 saturated carbocycles. The minimum Gasteiger partial charge on any atom is -0.402 e. The zero-order valence-corrected chi connectivity index (χ0v) is 7.18. The van der Waals surface area contributed by atoms with Crippen LogP contribution in [-0.2, 0) is 0 Å².